The molecule has 0 aliphatic carbocycles. The molecule has 0 amide bonds. The van der Waals surface area contributed by atoms with Gasteiger partial charge in [-0.2, -0.15) is 10.2 Å². The van der Waals surface area contributed by atoms with Crippen LogP contribution >= 0.6 is 0 Å². The lowest BCUT2D eigenvalue weighted by Gasteiger charge is -2.21. The zero-order valence-electron chi connectivity index (χ0n) is 12.9. The lowest BCUT2D eigenvalue weighted by molar-refractivity contribution is 0.365. The molecule has 1 aromatic carbocycles. The van der Waals surface area contributed by atoms with Crippen LogP contribution in [0.2, 0.25) is 0 Å². The maximum Gasteiger partial charge on any atom is 0.0695 e. The first kappa shape index (κ1) is 14.5. The zero-order chi connectivity index (χ0) is 15.4. The van der Waals surface area contributed by atoms with Gasteiger partial charge >= 0.3 is 0 Å². The molecule has 2 N–H and O–H groups in total. The molecule has 2 atom stereocenters. The third kappa shape index (κ3) is 3.09. The largest absolute Gasteiger partial charge is 0.308 e. The molecular weight excluding hydrogens is 274 g/mol. The molecule has 2 heterocycles. The molecule has 0 unspecified atom stereocenters. The number of aromatic nitrogens is 4. The van der Waals surface area contributed by atoms with Gasteiger partial charge in [0.2, 0.25) is 0 Å². The van der Waals surface area contributed by atoms with Crippen LogP contribution in [0, 0.1) is 0 Å². The molecular formula is C17H21N5. The summed E-state index contributed by atoms with van der Waals surface area (Å²) in [7, 11) is 0. The van der Waals surface area contributed by atoms with Gasteiger partial charge in [0.15, 0.2) is 0 Å². The normalized spacial score (nSPS) is 13.9. The molecule has 3 rings (SSSR count). The summed E-state index contributed by atoms with van der Waals surface area (Å²) in [6.07, 6.45) is 5.70. The van der Waals surface area contributed by atoms with Gasteiger partial charge in [-0.3, -0.25) is 9.78 Å². The Kier molecular flexibility index (Phi) is 4.34. The van der Waals surface area contributed by atoms with Gasteiger partial charge in [-0.15, -0.1) is 0 Å². The molecule has 0 aliphatic heterocycles. The van der Waals surface area contributed by atoms with E-state index in [1.54, 1.807) is 0 Å². The molecule has 114 valence electrons. The van der Waals surface area contributed by atoms with Crippen LogP contribution in [-0.4, -0.2) is 26.0 Å². The third-order valence-corrected chi connectivity index (χ3v) is 4.06. The fourth-order valence-corrected chi connectivity index (χ4v) is 2.49. The van der Waals surface area contributed by atoms with E-state index in [4.69, 9.17) is 0 Å². The van der Waals surface area contributed by atoms with E-state index >= 15 is 0 Å². The Morgan fingerprint density at radius 3 is 2.73 bits per heavy atom. The van der Waals surface area contributed by atoms with Gasteiger partial charge in [-0.05, 0) is 25.5 Å². The lowest BCUT2D eigenvalue weighted by atomic mass is 10.1. The Bertz CT molecular complexity index is 687. The molecule has 0 saturated carbocycles. The average molecular weight is 295 g/mol. The van der Waals surface area contributed by atoms with Gasteiger partial charge in [-0.1, -0.05) is 30.3 Å². The van der Waals surface area contributed by atoms with Gasteiger partial charge in [-0.25, -0.2) is 0 Å². The minimum Gasteiger partial charge on any atom is -0.308 e. The summed E-state index contributed by atoms with van der Waals surface area (Å²) >= 11 is 0. The summed E-state index contributed by atoms with van der Waals surface area (Å²) in [5, 5.41) is 15.2. The Morgan fingerprint density at radius 2 is 2.00 bits per heavy atom. The fraction of sp³-hybridized carbons (Fsp3) is 0.294. The second-order valence-corrected chi connectivity index (χ2v) is 5.53. The van der Waals surface area contributed by atoms with Gasteiger partial charge in [0, 0.05) is 30.5 Å². The molecule has 5 heteroatoms. The van der Waals surface area contributed by atoms with Crippen molar-refractivity contribution in [1.82, 2.24) is 25.3 Å². The van der Waals surface area contributed by atoms with E-state index in [1.165, 1.54) is 5.56 Å². The van der Waals surface area contributed by atoms with E-state index in [-0.39, 0.29) is 0 Å². The number of nitrogens with one attached hydrogen (secondary N) is 2. The minimum absolute atomic E-state index is 0.294. The van der Waals surface area contributed by atoms with Crippen molar-refractivity contribution in [2.75, 3.05) is 0 Å². The van der Waals surface area contributed by atoms with E-state index < -0.39 is 0 Å². The fourth-order valence-electron chi connectivity index (χ4n) is 2.49. The van der Waals surface area contributed by atoms with Crippen LogP contribution in [0.1, 0.15) is 25.5 Å². The SMILES string of the molecule is C[C@@H](NCc1cn[nH]c1-c1ccccc1)[C@H](C)n1cccn1. The van der Waals surface area contributed by atoms with E-state index in [1.807, 2.05) is 47.5 Å². The quantitative estimate of drug-likeness (QED) is 0.735. The van der Waals surface area contributed by atoms with Crippen LogP contribution in [-0.2, 0) is 6.54 Å². The third-order valence-electron chi connectivity index (χ3n) is 4.06. The van der Waals surface area contributed by atoms with Crippen LogP contribution in [0.5, 0.6) is 0 Å². The van der Waals surface area contributed by atoms with Crippen LogP contribution in [0.4, 0.5) is 0 Å². The topological polar surface area (TPSA) is 58.5 Å². The zero-order valence-corrected chi connectivity index (χ0v) is 12.9. The predicted molar refractivity (Wildman–Crippen MR) is 87.3 cm³/mol. The summed E-state index contributed by atoms with van der Waals surface area (Å²) in [6.45, 7) is 5.11. The van der Waals surface area contributed by atoms with E-state index in [9.17, 15) is 0 Å². The summed E-state index contributed by atoms with van der Waals surface area (Å²) < 4.78 is 1.98. The first-order valence-corrected chi connectivity index (χ1v) is 7.56. The van der Waals surface area contributed by atoms with Gasteiger partial charge in [0.05, 0.1) is 17.9 Å². The molecule has 3 aromatic rings. The molecule has 0 fully saturated rings. The van der Waals surface area contributed by atoms with Crippen molar-refractivity contribution in [2.24, 2.45) is 0 Å². The first-order chi connectivity index (χ1) is 10.8. The highest BCUT2D eigenvalue weighted by molar-refractivity contribution is 5.62. The van der Waals surface area contributed by atoms with Crippen molar-refractivity contribution in [3.63, 3.8) is 0 Å². The van der Waals surface area contributed by atoms with Crippen molar-refractivity contribution in [1.29, 1.82) is 0 Å². The number of aromatic amines is 1. The Labute approximate surface area is 130 Å². The van der Waals surface area contributed by atoms with Crippen LogP contribution in [0.25, 0.3) is 11.3 Å². The molecule has 0 radical (unpaired) electrons. The molecule has 0 saturated heterocycles. The van der Waals surface area contributed by atoms with Crippen LogP contribution in [0.15, 0.2) is 55.0 Å². The Balaban J connectivity index is 1.66. The van der Waals surface area contributed by atoms with Gasteiger partial charge in [0.1, 0.15) is 0 Å². The summed E-state index contributed by atoms with van der Waals surface area (Å²) in [5.41, 5.74) is 3.40. The summed E-state index contributed by atoms with van der Waals surface area (Å²) in [6, 6.07) is 12.8. The molecule has 0 spiro atoms. The number of rotatable bonds is 6. The summed E-state index contributed by atoms with van der Waals surface area (Å²) in [4.78, 5) is 0. The molecule has 5 nitrogen and oxygen atoms in total. The molecule has 0 bridgehead atoms. The van der Waals surface area contributed by atoms with Crippen LogP contribution in [0.3, 0.4) is 0 Å². The second kappa shape index (κ2) is 6.58. The van der Waals surface area contributed by atoms with Crippen molar-refractivity contribution in [3.05, 3.63) is 60.6 Å². The number of hydrogen-bond donors (Lipinski definition) is 2. The lowest BCUT2D eigenvalue weighted by Crippen LogP contribution is -2.33. The number of nitrogens with zero attached hydrogens (tertiary/aromatic N) is 3. The van der Waals surface area contributed by atoms with E-state index in [0.29, 0.717) is 12.1 Å². The van der Waals surface area contributed by atoms with Crippen molar-refractivity contribution < 1.29 is 0 Å². The Morgan fingerprint density at radius 1 is 1.18 bits per heavy atom. The van der Waals surface area contributed by atoms with Gasteiger partial charge in [0.25, 0.3) is 0 Å². The highest BCUT2D eigenvalue weighted by Gasteiger charge is 2.15. The monoisotopic (exact) mass is 295 g/mol. The summed E-state index contributed by atoms with van der Waals surface area (Å²) in [5.74, 6) is 0. The van der Waals surface area contributed by atoms with Crippen molar-refractivity contribution in [2.45, 2.75) is 32.5 Å². The minimum atomic E-state index is 0.294. The molecule has 0 aliphatic rings. The predicted octanol–water partition coefficient (Wildman–Crippen LogP) is 3.01. The molecule has 22 heavy (non-hydrogen) atoms. The second-order valence-electron chi connectivity index (χ2n) is 5.53. The number of H-pyrrole nitrogens is 1. The first-order valence-electron chi connectivity index (χ1n) is 7.56. The van der Waals surface area contributed by atoms with E-state index in [2.05, 4.69) is 46.6 Å². The maximum absolute atomic E-state index is 4.31. The van der Waals surface area contributed by atoms with Crippen molar-refractivity contribution in [3.8, 4) is 11.3 Å². The number of hydrogen-bond acceptors (Lipinski definition) is 3. The Hall–Kier alpha value is -2.40. The standard InChI is InChI=1S/C17H21N5/c1-13(14(2)22-10-6-9-20-22)18-11-16-12-19-21-17(16)15-7-4-3-5-8-15/h3-10,12-14,18H,11H2,1-2H3,(H,19,21)/t13-,14+/m1/s1. The maximum atomic E-state index is 4.31. The van der Waals surface area contributed by atoms with E-state index in [0.717, 1.165) is 17.8 Å². The van der Waals surface area contributed by atoms with Gasteiger partial charge < -0.3 is 5.32 Å². The smallest absolute Gasteiger partial charge is 0.0695 e. The highest BCUT2D eigenvalue weighted by atomic mass is 15.3. The highest BCUT2D eigenvalue weighted by Crippen LogP contribution is 2.21. The molecule has 2 aromatic heterocycles. The number of benzene rings is 1. The van der Waals surface area contributed by atoms with Crippen LogP contribution < -0.4 is 5.32 Å². The van der Waals surface area contributed by atoms with Crippen molar-refractivity contribution >= 4 is 0 Å². The average Bonchev–Trinajstić information content (AvgIpc) is 3.24.